The summed E-state index contributed by atoms with van der Waals surface area (Å²) in [4.78, 5) is 137. The number of hydrogen-bond donors (Lipinski definition) is 9. The van der Waals surface area contributed by atoms with Crippen LogP contribution in [0.5, 0.6) is 5.75 Å². The molecule has 0 bridgehead atoms. The number of nitrogens with one attached hydrogen (secondary N) is 8. The second-order valence-corrected chi connectivity index (χ2v) is 32.8. The summed E-state index contributed by atoms with van der Waals surface area (Å²) in [5.74, 6) is -2.74. The van der Waals surface area contributed by atoms with Crippen molar-refractivity contribution in [2.24, 2.45) is 53.1 Å². The quantitative estimate of drug-likeness (QED) is 0.0277. The van der Waals surface area contributed by atoms with Crippen LogP contribution in [0.3, 0.4) is 0 Å². The third-order valence-corrected chi connectivity index (χ3v) is 23.8. The fraction of sp³-hybridized carbons (Fsp3) is 0.814. The van der Waals surface area contributed by atoms with E-state index in [0.717, 1.165) is 86.8 Å². The number of unbranched alkanes of at least 4 members (excludes halogenated alkanes) is 12. The zero-order valence-electron chi connectivity index (χ0n) is 73.0. The molecule has 30 heteroatoms. The molecule has 4 saturated heterocycles. The van der Waals surface area contributed by atoms with Gasteiger partial charge in [0.05, 0.1) is 48.6 Å². The van der Waals surface area contributed by atoms with E-state index >= 15 is 9.59 Å². The van der Waals surface area contributed by atoms with Gasteiger partial charge in [0.15, 0.2) is 25.2 Å². The number of rotatable bonds is 53. The second kappa shape index (κ2) is 53.8. The Bertz CT molecular complexity index is 2800. The molecule has 10 amide bonds. The van der Waals surface area contributed by atoms with Gasteiger partial charge in [-0.15, -0.1) is 0 Å². The lowest BCUT2D eigenvalue weighted by Gasteiger charge is -2.44. The molecular weight excluding hydrogens is 1490 g/mol. The van der Waals surface area contributed by atoms with E-state index in [9.17, 15) is 38.4 Å². The Balaban J connectivity index is 1.28. The molecule has 0 saturated carbocycles. The monoisotopic (exact) mass is 1640 g/mol. The number of amides is 10. The van der Waals surface area contributed by atoms with Crippen LogP contribution in [0.2, 0.25) is 0 Å². The summed E-state index contributed by atoms with van der Waals surface area (Å²) in [6.07, 6.45) is 12.2. The smallest absolute Gasteiger partial charge is 0.254 e. The zero-order chi connectivity index (χ0) is 85.4. The molecule has 1 aromatic carbocycles. The van der Waals surface area contributed by atoms with Crippen molar-refractivity contribution in [2.75, 3.05) is 91.9 Å². The molecule has 20 atom stereocenters. The van der Waals surface area contributed by atoms with Crippen LogP contribution in [0.4, 0.5) is 0 Å². The van der Waals surface area contributed by atoms with Crippen molar-refractivity contribution in [3.8, 4) is 5.75 Å². The minimum absolute atomic E-state index is 0.00232. The molecule has 30 nitrogen and oxygen atoms in total. The molecule has 4 aliphatic rings. The average Bonchev–Trinajstić information content (AvgIpc) is 0.845. The first-order valence-electron chi connectivity index (χ1n) is 43.8. The Morgan fingerprint density at radius 2 is 0.569 bits per heavy atom. The highest BCUT2D eigenvalue weighted by Gasteiger charge is 2.46. The van der Waals surface area contributed by atoms with Gasteiger partial charge < -0.3 is 101 Å². The van der Waals surface area contributed by atoms with Gasteiger partial charge in [0.1, 0.15) is 38.5 Å². The maximum Gasteiger partial charge on any atom is 0.254 e. The molecule has 662 valence electrons. The number of nitrogens with two attached hydrogens (primary N) is 1. The van der Waals surface area contributed by atoms with E-state index in [1.54, 1.807) is 0 Å². The Morgan fingerprint density at radius 3 is 0.784 bits per heavy atom. The molecule has 4 aliphatic heterocycles. The number of carbonyl (C=O) groups is 10. The van der Waals surface area contributed by atoms with E-state index < -0.39 is 86.8 Å². The van der Waals surface area contributed by atoms with Crippen molar-refractivity contribution in [2.45, 2.75) is 313 Å². The molecule has 4 heterocycles. The molecule has 5 rings (SSSR count). The van der Waals surface area contributed by atoms with Crippen molar-refractivity contribution in [1.29, 1.82) is 0 Å². The predicted octanol–water partition coefficient (Wildman–Crippen LogP) is 8.33. The van der Waals surface area contributed by atoms with Gasteiger partial charge in [-0.25, -0.2) is 0 Å². The number of benzene rings is 1. The minimum atomic E-state index is -0.784. The summed E-state index contributed by atoms with van der Waals surface area (Å²) in [6, 6.07) is 2.94. The Labute approximate surface area is 691 Å². The van der Waals surface area contributed by atoms with Crippen LogP contribution in [-0.2, 0) is 76.3 Å². The normalized spacial score (nSPS) is 27.1. The van der Waals surface area contributed by atoms with Crippen molar-refractivity contribution < 1.29 is 90.6 Å². The lowest BCUT2D eigenvalue weighted by molar-refractivity contribution is -0.236. The van der Waals surface area contributed by atoms with Crippen LogP contribution in [0.15, 0.2) is 18.2 Å². The maximum atomic E-state index is 15.1. The van der Waals surface area contributed by atoms with E-state index in [-0.39, 0.29) is 176 Å². The van der Waals surface area contributed by atoms with Crippen LogP contribution < -0.4 is 53.0 Å². The number of nitrogens with zero attached hydrogens (tertiary/aromatic N) is 2. The summed E-state index contributed by atoms with van der Waals surface area (Å²) in [5, 5.41) is 23.8. The minimum Gasteiger partial charge on any atom is -0.492 e. The lowest BCUT2D eigenvalue weighted by atomic mass is 9.81. The third kappa shape index (κ3) is 33.9. The molecule has 4 fully saturated rings. The van der Waals surface area contributed by atoms with Crippen molar-refractivity contribution in [1.82, 2.24) is 52.3 Å². The first kappa shape index (κ1) is 99.9. The first-order valence-corrected chi connectivity index (χ1v) is 43.8. The fourth-order valence-corrected chi connectivity index (χ4v) is 16.2. The molecule has 1 aromatic rings. The molecule has 20 unspecified atom stereocenters. The average molecular weight is 1640 g/mol. The molecule has 0 radical (unpaired) electrons. The topological polar surface area (TPSA) is 383 Å². The fourth-order valence-electron chi connectivity index (χ4n) is 16.2. The summed E-state index contributed by atoms with van der Waals surface area (Å²) in [5.41, 5.74) is 5.68. The predicted molar refractivity (Wildman–Crippen MR) is 442 cm³/mol. The van der Waals surface area contributed by atoms with Gasteiger partial charge >= 0.3 is 0 Å². The van der Waals surface area contributed by atoms with E-state index in [4.69, 9.17) is 48.4 Å². The van der Waals surface area contributed by atoms with E-state index in [1.807, 2.05) is 0 Å². The summed E-state index contributed by atoms with van der Waals surface area (Å²) < 4.78 is 56.2. The molecule has 0 spiro atoms. The van der Waals surface area contributed by atoms with Gasteiger partial charge in [0.25, 0.3) is 11.8 Å². The largest absolute Gasteiger partial charge is 0.492 e. The standard InChI is InChI=1S/C86H149N11O19/c1-17-69-54(5)58(9)77(92-62(13)98)83(113-69)109-42-33-25-21-29-38-88-73(102)50-96(51-74(103)89-39-30-22-26-34-43-110-84-78(93-63(14)99)59(10)55(6)70(18-2)114-84)81(106)66-47-67(49-68(48-66)108-46-37-87)82(107)97(52-75(104)90-40-31-23-27-35-44-111-85-79(94-64(15)100)60(11)56(7)71(19-3)115-85)53-76(105)91-41-32-24-28-36-45-112-86-80(95-65(16)101)61(12)57(8)72(20-4)116-86/h47-49,54-61,69-72,77-80,83-86H,17-46,50-53,87H2,1-16H3,(H,88,102)(H,89,103)(H,90,104)(H,91,105)(H,92,98)(H,93,99)(H,94,100)(H,95,101). The van der Waals surface area contributed by atoms with Gasteiger partial charge in [0, 0.05) is 98.0 Å². The SMILES string of the molecule is CCC1OC(OCCCCCCNC(=O)CN(CC(=O)NCCCCCCOC2OC(CC)C(C)C(C)C2NC(C)=O)C(=O)c2cc(OCCN)cc(C(=O)N(CC(=O)NCCCCCCOC3OC(CC)C(C)C(C)C3NC(C)=O)CC(=O)NCCCCCCOC3OC(CC)C(C)C(C)C3NC(C)=O)c2)C(NC(C)=O)C(C)C1C. The van der Waals surface area contributed by atoms with Gasteiger partial charge in [0.2, 0.25) is 47.3 Å². The van der Waals surface area contributed by atoms with E-state index in [1.165, 1.54) is 45.9 Å². The van der Waals surface area contributed by atoms with Crippen molar-refractivity contribution in [3.05, 3.63) is 29.3 Å². The zero-order valence-corrected chi connectivity index (χ0v) is 73.0. The van der Waals surface area contributed by atoms with Crippen LogP contribution in [0.25, 0.3) is 0 Å². The van der Waals surface area contributed by atoms with Crippen LogP contribution in [0, 0.1) is 47.3 Å². The summed E-state index contributed by atoms with van der Waals surface area (Å²) in [7, 11) is 0. The number of carbonyl (C=O) groups excluding carboxylic acids is 10. The van der Waals surface area contributed by atoms with Crippen molar-refractivity contribution >= 4 is 59.1 Å². The van der Waals surface area contributed by atoms with Gasteiger partial charge in [-0.1, -0.05) is 134 Å². The van der Waals surface area contributed by atoms with E-state index in [2.05, 4.69) is 126 Å². The molecule has 0 aliphatic carbocycles. The Kier molecular flexibility index (Phi) is 46.3. The van der Waals surface area contributed by atoms with Crippen LogP contribution in [-0.4, -0.2) is 235 Å². The highest BCUT2D eigenvalue weighted by molar-refractivity contribution is 6.04. The Hall–Kier alpha value is -6.64. The first-order chi connectivity index (χ1) is 55.5. The summed E-state index contributed by atoms with van der Waals surface area (Å²) in [6.45, 7) is 31.8. The molecule has 116 heavy (non-hydrogen) atoms. The molecule has 0 aromatic heterocycles. The number of hydrogen-bond acceptors (Lipinski definition) is 20. The van der Waals surface area contributed by atoms with Crippen LogP contribution in [0.1, 0.15) is 260 Å². The Morgan fingerprint density at radius 1 is 0.336 bits per heavy atom. The van der Waals surface area contributed by atoms with Gasteiger partial charge in [-0.3, -0.25) is 47.9 Å². The molecular formula is C86H149N11O19. The number of ether oxygens (including phenoxy) is 9. The highest BCUT2D eigenvalue weighted by atomic mass is 16.7. The van der Waals surface area contributed by atoms with Gasteiger partial charge in [-0.05, 0) is 143 Å². The third-order valence-electron chi connectivity index (χ3n) is 23.8. The lowest BCUT2D eigenvalue weighted by Crippen LogP contribution is -2.57. The second-order valence-electron chi connectivity index (χ2n) is 32.8. The van der Waals surface area contributed by atoms with Crippen molar-refractivity contribution in [3.63, 3.8) is 0 Å². The van der Waals surface area contributed by atoms with E-state index in [0.29, 0.717) is 77.8 Å². The summed E-state index contributed by atoms with van der Waals surface area (Å²) >= 11 is 0. The van der Waals surface area contributed by atoms with Gasteiger partial charge in [-0.2, -0.15) is 0 Å². The molecule has 10 N–H and O–H groups in total. The highest BCUT2D eigenvalue weighted by Crippen LogP contribution is 2.37. The van der Waals surface area contributed by atoms with Crippen LogP contribution >= 0.6 is 0 Å². The maximum absolute atomic E-state index is 15.1.